The van der Waals surface area contributed by atoms with Crippen LogP contribution in [0.3, 0.4) is 0 Å². The quantitative estimate of drug-likeness (QED) is 0.308. The number of hydrogen-bond acceptors (Lipinski definition) is 4. The summed E-state index contributed by atoms with van der Waals surface area (Å²) in [5, 5.41) is 4.91. The number of anilines is 1. The minimum atomic E-state index is 0.469. The molecular weight excluding hydrogens is 440 g/mol. The van der Waals surface area contributed by atoms with Gasteiger partial charge in [-0.1, -0.05) is 45.7 Å². The molecule has 0 amide bonds. The topological polar surface area (TPSA) is 42.8 Å². The molecular formula is C22H20BrClN2O2. The highest BCUT2D eigenvalue weighted by molar-refractivity contribution is 9.10. The summed E-state index contributed by atoms with van der Waals surface area (Å²) in [6.07, 6.45) is 1.72. The molecule has 0 fully saturated rings. The molecule has 1 N–H and O–H groups in total. The third-order valence-electron chi connectivity index (χ3n) is 3.81. The number of nitrogens with one attached hydrogen (secondary N) is 1. The van der Waals surface area contributed by atoms with Crippen LogP contribution in [0.15, 0.2) is 76.3 Å². The smallest absolute Gasteiger partial charge is 0.161 e. The number of hydrazone groups is 1. The molecule has 4 nitrogen and oxygen atoms in total. The average Bonchev–Trinajstić information content (AvgIpc) is 2.69. The van der Waals surface area contributed by atoms with Gasteiger partial charge in [0.15, 0.2) is 11.5 Å². The minimum Gasteiger partial charge on any atom is -0.490 e. The third kappa shape index (κ3) is 6.01. The second-order valence-electron chi connectivity index (χ2n) is 5.93. The van der Waals surface area contributed by atoms with Crippen LogP contribution in [-0.2, 0) is 6.61 Å². The van der Waals surface area contributed by atoms with Crippen molar-refractivity contribution in [1.82, 2.24) is 0 Å². The van der Waals surface area contributed by atoms with Gasteiger partial charge in [-0.2, -0.15) is 5.10 Å². The SMILES string of the molecule is CCOc1cc(C=NNc2cccc(Cl)c2)ccc1OCc1ccc(Br)cc1. The van der Waals surface area contributed by atoms with E-state index in [2.05, 4.69) is 26.5 Å². The lowest BCUT2D eigenvalue weighted by Crippen LogP contribution is -2.00. The van der Waals surface area contributed by atoms with Crippen molar-refractivity contribution in [2.75, 3.05) is 12.0 Å². The monoisotopic (exact) mass is 458 g/mol. The van der Waals surface area contributed by atoms with E-state index >= 15 is 0 Å². The standard InChI is InChI=1S/C22H20BrClN2O2/c1-2-27-22-12-17(14-25-26-20-5-3-4-19(24)13-20)8-11-21(22)28-15-16-6-9-18(23)10-7-16/h3-14,26H,2,15H2,1H3. The molecule has 0 aliphatic carbocycles. The summed E-state index contributed by atoms with van der Waals surface area (Å²) in [5.41, 5.74) is 5.77. The molecule has 0 bridgehead atoms. The van der Waals surface area contributed by atoms with Gasteiger partial charge in [0.25, 0.3) is 0 Å². The van der Waals surface area contributed by atoms with Crippen LogP contribution in [0.2, 0.25) is 5.02 Å². The summed E-state index contributed by atoms with van der Waals surface area (Å²) >= 11 is 9.41. The number of benzene rings is 3. The van der Waals surface area contributed by atoms with Gasteiger partial charge in [-0.25, -0.2) is 0 Å². The summed E-state index contributed by atoms with van der Waals surface area (Å²) < 4.78 is 12.7. The molecule has 0 heterocycles. The molecule has 0 atom stereocenters. The van der Waals surface area contributed by atoms with Gasteiger partial charge in [0, 0.05) is 9.50 Å². The Labute approximate surface area is 178 Å². The second-order valence-corrected chi connectivity index (χ2v) is 7.29. The van der Waals surface area contributed by atoms with Crippen molar-refractivity contribution in [1.29, 1.82) is 0 Å². The van der Waals surface area contributed by atoms with Gasteiger partial charge in [-0.3, -0.25) is 5.43 Å². The van der Waals surface area contributed by atoms with Crippen LogP contribution in [0.25, 0.3) is 0 Å². The Morgan fingerprint density at radius 2 is 1.82 bits per heavy atom. The molecule has 0 saturated carbocycles. The zero-order chi connectivity index (χ0) is 19.8. The molecule has 3 aromatic rings. The average molecular weight is 460 g/mol. The highest BCUT2D eigenvalue weighted by Gasteiger charge is 2.06. The molecule has 0 unspecified atom stereocenters. The molecule has 6 heteroatoms. The van der Waals surface area contributed by atoms with E-state index in [-0.39, 0.29) is 0 Å². The molecule has 0 aliphatic heterocycles. The summed E-state index contributed by atoms with van der Waals surface area (Å²) in [4.78, 5) is 0. The van der Waals surface area contributed by atoms with E-state index in [1.807, 2.05) is 73.7 Å². The van der Waals surface area contributed by atoms with Crippen molar-refractivity contribution in [2.45, 2.75) is 13.5 Å². The fraction of sp³-hybridized carbons (Fsp3) is 0.136. The number of hydrogen-bond donors (Lipinski definition) is 1. The van der Waals surface area contributed by atoms with Crippen LogP contribution in [0, 0.1) is 0 Å². The van der Waals surface area contributed by atoms with E-state index in [0.29, 0.717) is 29.7 Å². The predicted molar refractivity (Wildman–Crippen MR) is 119 cm³/mol. The first kappa shape index (κ1) is 20.2. The van der Waals surface area contributed by atoms with Crippen molar-refractivity contribution >= 4 is 39.4 Å². The molecule has 28 heavy (non-hydrogen) atoms. The van der Waals surface area contributed by atoms with Crippen molar-refractivity contribution in [3.05, 3.63) is 87.4 Å². The van der Waals surface area contributed by atoms with Crippen LogP contribution in [0.4, 0.5) is 5.69 Å². The van der Waals surface area contributed by atoms with Crippen LogP contribution in [0.1, 0.15) is 18.1 Å². The van der Waals surface area contributed by atoms with Crippen molar-refractivity contribution in [3.63, 3.8) is 0 Å². The Hall–Kier alpha value is -2.50. The lowest BCUT2D eigenvalue weighted by atomic mass is 10.2. The zero-order valence-electron chi connectivity index (χ0n) is 15.4. The maximum absolute atomic E-state index is 5.97. The van der Waals surface area contributed by atoms with E-state index in [1.165, 1.54) is 0 Å². The number of ether oxygens (including phenoxy) is 2. The van der Waals surface area contributed by atoms with Crippen molar-refractivity contribution in [2.24, 2.45) is 5.10 Å². The highest BCUT2D eigenvalue weighted by Crippen LogP contribution is 2.29. The number of nitrogens with zero attached hydrogens (tertiary/aromatic N) is 1. The molecule has 3 aromatic carbocycles. The van der Waals surface area contributed by atoms with Crippen molar-refractivity contribution < 1.29 is 9.47 Å². The maximum Gasteiger partial charge on any atom is 0.161 e. The molecule has 0 radical (unpaired) electrons. The van der Waals surface area contributed by atoms with Crippen LogP contribution >= 0.6 is 27.5 Å². The van der Waals surface area contributed by atoms with E-state index in [0.717, 1.165) is 21.3 Å². The minimum absolute atomic E-state index is 0.469. The normalized spacial score (nSPS) is 10.8. The van der Waals surface area contributed by atoms with E-state index in [1.54, 1.807) is 6.21 Å². The van der Waals surface area contributed by atoms with E-state index in [4.69, 9.17) is 21.1 Å². The Morgan fingerprint density at radius 3 is 2.57 bits per heavy atom. The Kier molecular flexibility index (Phi) is 7.34. The number of halogens is 2. The van der Waals surface area contributed by atoms with E-state index < -0.39 is 0 Å². The fourth-order valence-corrected chi connectivity index (χ4v) is 2.93. The largest absolute Gasteiger partial charge is 0.490 e. The molecule has 0 saturated heterocycles. The molecule has 0 aromatic heterocycles. The Balaban J connectivity index is 1.67. The third-order valence-corrected chi connectivity index (χ3v) is 4.57. The summed E-state index contributed by atoms with van der Waals surface area (Å²) in [6.45, 7) is 2.97. The Morgan fingerprint density at radius 1 is 1.00 bits per heavy atom. The summed E-state index contributed by atoms with van der Waals surface area (Å²) in [7, 11) is 0. The summed E-state index contributed by atoms with van der Waals surface area (Å²) in [5.74, 6) is 1.39. The van der Waals surface area contributed by atoms with Gasteiger partial charge in [-0.15, -0.1) is 0 Å². The van der Waals surface area contributed by atoms with Gasteiger partial charge in [-0.05, 0) is 66.6 Å². The van der Waals surface area contributed by atoms with Crippen LogP contribution in [0.5, 0.6) is 11.5 Å². The van der Waals surface area contributed by atoms with Gasteiger partial charge in [0.1, 0.15) is 6.61 Å². The first-order valence-corrected chi connectivity index (χ1v) is 10.00. The second kappa shape index (κ2) is 10.2. The van der Waals surface area contributed by atoms with Crippen LogP contribution in [-0.4, -0.2) is 12.8 Å². The van der Waals surface area contributed by atoms with Gasteiger partial charge < -0.3 is 9.47 Å². The predicted octanol–water partition coefficient (Wildman–Crippen LogP) is 6.53. The zero-order valence-corrected chi connectivity index (χ0v) is 17.7. The summed E-state index contributed by atoms with van der Waals surface area (Å²) in [6, 6.07) is 21.2. The molecule has 3 rings (SSSR count). The van der Waals surface area contributed by atoms with Gasteiger partial charge in [0.2, 0.25) is 0 Å². The Bertz CT molecular complexity index is 946. The van der Waals surface area contributed by atoms with Gasteiger partial charge in [0.05, 0.1) is 18.5 Å². The fourth-order valence-electron chi connectivity index (χ4n) is 2.47. The molecule has 0 spiro atoms. The lowest BCUT2D eigenvalue weighted by Gasteiger charge is -2.12. The molecule has 0 aliphatic rings. The number of rotatable bonds is 8. The first-order valence-electron chi connectivity index (χ1n) is 8.83. The van der Waals surface area contributed by atoms with Crippen LogP contribution < -0.4 is 14.9 Å². The maximum atomic E-state index is 5.97. The highest BCUT2D eigenvalue weighted by atomic mass is 79.9. The molecule has 144 valence electrons. The van der Waals surface area contributed by atoms with Gasteiger partial charge >= 0.3 is 0 Å². The first-order chi connectivity index (χ1) is 13.6. The van der Waals surface area contributed by atoms with E-state index in [9.17, 15) is 0 Å². The lowest BCUT2D eigenvalue weighted by molar-refractivity contribution is 0.269. The van der Waals surface area contributed by atoms with Crippen molar-refractivity contribution in [3.8, 4) is 11.5 Å².